The quantitative estimate of drug-likeness (QED) is 0.288. The lowest BCUT2D eigenvalue weighted by Crippen LogP contribution is -2.01. The van der Waals surface area contributed by atoms with Gasteiger partial charge in [-0.2, -0.15) is 0 Å². The number of allylic oxidation sites excluding steroid dienone is 1. The first-order valence-corrected chi connectivity index (χ1v) is 4.25. The van der Waals surface area contributed by atoms with Gasteiger partial charge in [0, 0.05) is 0 Å². The van der Waals surface area contributed by atoms with Gasteiger partial charge in [0.1, 0.15) is 5.76 Å². The number of carbonyl (C=O) groups is 1. The third kappa shape index (κ3) is 5.02. The van der Waals surface area contributed by atoms with Crippen molar-refractivity contribution >= 4 is 17.6 Å². The maximum absolute atomic E-state index is 10.7. The molecule has 0 saturated carbocycles. The van der Waals surface area contributed by atoms with E-state index < -0.39 is 5.97 Å². The van der Waals surface area contributed by atoms with Gasteiger partial charge < -0.3 is 9.47 Å². The number of ether oxygens (including phenoxy) is 2. The maximum atomic E-state index is 10.7. The molecule has 0 fully saturated rings. The highest BCUT2D eigenvalue weighted by Crippen LogP contribution is 2.01. The summed E-state index contributed by atoms with van der Waals surface area (Å²) in [6.45, 7) is 2.54. The van der Waals surface area contributed by atoms with Gasteiger partial charge >= 0.3 is 5.97 Å². The normalized spacial score (nSPS) is 11.1. The van der Waals surface area contributed by atoms with Crippen LogP contribution in [0.3, 0.4) is 0 Å². The molecule has 0 aliphatic heterocycles. The van der Waals surface area contributed by atoms with Crippen LogP contribution in [-0.4, -0.2) is 25.6 Å². The minimum absolute atomic E-state index is 0.190. The van der Waals surface area contributed by atoms with Crippen molar-refractivity contribution in [3.8, 4) is 0 Å². The Kier molecular flexibility index (Phi) is 6.57. The van der Waals surface area contributed by atoms with Gasteiger partial charge in [0.25, 0.3) is 0 Å². The van der Waals surface area contributed by atoms with E-state index in [0.29, 0.717) is 12.4 Å². The van der Waals surface area contributed by atoms with Crippen molar-refractivity contribution < 1.29 is 14.3 Å². The van der Waals surface area contributed by atoms with Gasteiger partial charge in [-0.25, -0.2) is 4.79 Å². The monoisotopic (exact) mass is 192 g/mol. The van der Waals surface area contributed by atoms with Crippen LogP contribution in [0.25, 0.3) is 0 Å². The largest absolute Gasteiger partial charge is 0.496 e. The van der Waals surface area contributed by atoms with Crippen molar-refractivity contribution in [1.29, 1.82) is 0 Å². The first-order chi connectivity index (χ1) is 5.74. The van der Waals surface area contributed by atoms with E-state index in [4.69, 9.17) is 16.3 Å². The summed E-state index contributed by atoms with van der Waals surface area (Å²) in [5, 5.41) is 0. The molecular weight excluding hydrogens is 180 g/mol. The van der Waals surface area contributed by atoms with Gasteiger partial charge in [-0.3, -0.25) is 0 Å². The van der Waals surface area contributed by atoms with E-state index in [1.807, 2.05) is 6.92 Å². The summed E-state index contributed by atoms with van der Waals surface area (Å²) >= 11 is 5.50. The Hall–Kier alpha value is -0.700. The summed E-state index contributed by atoms with van der Waals surface area (Å²) < 4.78 is 9.55. The van der Waals surface area contributed by atoms with E-state index in [1.165, 1.54) is 13.2 Å². The van der Waals surface area contributed by atoms with Gasteiger partial charge in [-0.05, 0) is 6.42 Å². The molecule has 0 bridgehead atoms. The number of methoxy groups -OCH3 is 1. The molecule has 4 heteroatoms. The Morgan fingerprint density at radius 3 is 2.67 bits per heavy atom. The molecule has 0 saturated heterocycles. The Balaban J connectivity index is 3.94. The van der Waals surface area contributed by atoms with Crippen molar-refractivity contribution in [3.05, 3.63) is 11.8 Å². The second kappa shape index (κ2) is 6.98. The number of carbonyl (C=O) groups excluding carboxylic acids is 1. The molecule has 0 aromatic carbocycles. The fourth-order valence-corrected chi connectivity index (χ4v) is 0.697. The molecule has 0 radical (unpaired) electrons. The molecule has 0 amide bonds. The number of hydrogen-bond acceptors (Lipinski definition) is 3. The molecule has 70 valence electrons. The van der Waals surface area contributed by atoms with Crippen LogP contribution in [-0.2, 0) is 14.3 Å². The third-order valence-electron chi connectivity index (χ3n) is 1.10. The summed E-state index contributed by atoms with van der Waals surface area (Å²) in [5.41, 5.74) is 0. The maximum Gasteiger partial charge on any atom is 0.333 e. The van der Waals surface area contributed by atoms with Crippen LogP contribution in [0.2, 0.25) is 0 Å². The van der Waals surface area contributed by atoms with E-state index in [9.17, 15) is 4.79 Å². The molecule has 0 heterocycles. The zero-order chi connectivity index (χ0) is 9.40. The molecule has 12 heavy (non-hydrogen) atoms. The number of esters is 1. The molecule has 0 spiro atoms. The summed E-state index contributed by atoms with van der Waals surface area (Å²) in [6.07, 6.45) is 2.14. The fraction of sp³-hybridized carbons (Fsp3) is 0.625. The fourth-order valence-electron chi connectivity index (χ4n) is 0.542. The predicted molar refractivity (Wildman–Crippen MR) is 47.1 cm³/mol. The van der Waals surface area contributed by atoms with E-state index >= 15 is 0 Å². The van der Waals surface area contributed by atoms with Gasteiger partial charge in [0.05, 0.1) is 25.7 Å². The summed E-state index contributed by atoms with van der Waals surface area (Å²) in [4.78, 5) is 10.7. The average molecular weight is 193 g/mol. The SMILES string of the molecule is CCCO/C(=C/C(=O)OC)CCl. The Morgan fingerprint density at radius 1 is 1.58 bits per heavy atom. The molecule has 0 aromatic heterocycles. The topological polar surface area (TPSA) is 35.5 Å². The van der Waals surface area contributed by atoms with Gasteiger partial charge in [0.15, 0.2) is 0 Å². The molecule has 0 aliphatic rings. The van der Waals surface area contributed by atoms with Crippen molar-refractivity contribution in [2.45, 2.75) is 13.3 Å². The molecule has 0 aromatic rings. The average Bonchev–Trinajstić information content (AvgIpc) is 2.11. The highest BCUT2D eigenvalue weighted by atomic mass is 35.5. The van der Waals surface area contributed by atoms with Crippen LogP contribution in [0.1, 0.15) is 13.3 Å². The molecule has 0 unspecified atom stereocenters. The van der Waals surface area contributed by atoms with Crippen LogP contribution < -0.4 is 0 Å². The van der Waals surface area contributed by atoms with Crippen molar-refractivity contribution in [1.82, 2.24) is 0 Å². The van der Waals surface area contributed by atoms with E-state index in [2.05, 4.69) is 4.74 Å². The Morgan fingerprint density at radius 2 is 2.25 bits per heavy atom. The summed E-state index contributed by atoms with van der Waals surface area (Å²) in [5.74, 6) is 0.196. The smallest absolute Gasteiger partial charge is 0.333 e. The lowest BCUT2D eigenvalue weighted by Gasteiger charge is -2.04. The summed E-state index contributed by atoms with van der Waals surface area (Å²) in [7, 11) is 1.31. The lowest BCUT2D eigenvalue weighted by molar-refractivity contribution is -0.135. The molecule has 0 aliphatic carbocycles. The predicted octanol–water partition coefficient (Wildman–Crippen LogP) is 1.71. The summed E-state index contributed by atoms with van der Waals surface area (Å²) in [6, 6.07) is 0. The number of rotatable bonds is 5. The molecular formula is C8H13ClO3. The first kappa shape index (κ1) is 11.3. The Labute approximate surface area is 77.3 Å². The molecule has 0 rings (SSSR count). The van der Waals surface area contributed by atoms with Gasteiger partial charge in [-0.15, -0.1) is 11.6 Å². The van der Waals surface area contributed by atoms with Crippen molar-refractivity contribution in [3.63, 3.8) is 0 Å². The highest BCUT2D eigenvalue weighted by Gasteiger charge is 2.00. The number of halogens is 1. The zero-order valence-electron chi connectivity index (χ0n) is 7.30. The standard InChI is InChI=1S/C8H13ClO3/c1-3-4-12-7(6-9)5-8(10)11-2/h5H,3-4,6H2,1-2H3/b7-5+. The second-order valence-electron chi connectivity index (χ2n) is 2.12. The highest BCUT2D eigenvalue weighted by molar-refractivity contribution is 6.19. The van der Waals surface area contributed by atoms with Crippen LogP contribution in [0.5, 0.6) is 0 Å². The van der Waals surface area contributed by atoms with Crippen LogP contribution in [0, 0.1) is 0 Å². The third-order valence-corrected chi connectivity index (χ3v) is 1.37. The van der Waals surface area contributed by atoms with Crippen molar-refractivity contribution in [2.75, 3.05) is 19.6 Å². The lowest BCUT2D eigenvalue weighted by atomic mass is 10.4. The van der Waals surface area contributed by atoms with Crippen molar-refractivity contribution in [2.24, 2.45) is 0 Å². The molecule has 3 nitrogen and oxygen atoms in total. The Bertz CT molecular complexity index is 166. The second-order valence-corrected chi connectivity index (χ2v) is 2.38. The van der Waals surface area contributed by atoms with Gasteiger partial charge in [0.2, 0.25) is 0 Å². The van der Waals surface area contributed by atoms with E-state index in [-0.39, 0.29) is 5.88 Å². The van der Waals surface area contributed by atoms with Gasteiger partial charge in [-0.1, -0.05) is 6.92 Å². The van der Waals surface area contributed by atoms with Crippen LogP contribution >= 0.6 is 11.6 Å². The molecule has 0 atom stereocenters. The van der Waals surface area contributed by atoms with E-state index in [1.54, 1.807) is 0 Å². The minimum Gasteiger partial charge on any atom is -0.496 e. The zero-order valence-corrected chi connectivity index (χ0v) is 8.06. The first-order valence-electron chi connectivity index (χ1n) is 3.71. The van der Waals surface area contributed by atoms with Crippen LogP contribution in [0.4, 0.5) is 0 Å². The van der Waals surface area contributed by atoms with Crippen LogP contribution in [0.15, 0.2) is 11.8 Å². The number of hydrogen-bond donors (Lipinski definition) is 0. The minimum atomic E-state index is -0.443. The number of alkyl halides is 1. The molecule has 0 N–H and O–H groups in total. The van der Waals surface area contributed by atoms with E-state index in [0.717, 1.165) is 6.42 Å².